The first-order valence-electron chi connectivity index (χ1n) is 5.66. The zero-order chi connectivity index (χ0) is 14.3. The second kappa shape index (κ2) is 7.50. The highest BCUT2D eigenvalue weighted by Crippen LogP contribution is 2.02. The molecule has 0 aromatic rings. The Hall–Kier alpha value is -1.81. The van der Waals surface area contributed by atoms with Crippen LogP contribution in [-0.4, -0.2) is 51.8 Å². The molecule has 0 bridgehead atoms. The van der Waals surface area contributed by atoms with Crippen LogP contribution in [0.25, 0.3) is 0 Å². The predicted octanol–water partition coefficient (Wildman–Crippen LogP) is 0.154. The Kier molecular flexibility index (Phi) is 6.75. The average Bonchev–Trinajstić information content (AvgIpc) is 2.24. The minimum atomic E-state index is -1.36. The van der Waals surface area contributed by atoms with Crippen molar-refractivity contribution in [1.29, 1.82) is 5.26 Å². The van der Waals surface area contributed by atoms with Crippen LogP contribution in [0.15, 0.2) is 0 Å². The molecule has 0 aliphatic rings. The number of aliphatic hydroxyl groups is 1. The second-order valence-corrected chi connectivity index (χ2v) is 4.20. The standard InChI is InChI=1S/C11H19N3O4/c1-7(2)14(6-4-5-12)11(18)13-9(8(3)15)10(16)17/h7-9,15H,4,6H2,1-3H3,(H,13,18)(H,16,17). The fourth-order valence-electron chi connectivity index (χ4n) is 1.37. The summed E-state index contributed by atoms with van der Waals surface area (Å²) >= 11 is 0. The lowest BCUT2D eigenvalue weighted by molar-refractivity contribution is -0.141. The highest BCUT2D eigenvalue weighted by Gasteiger charge is 2.27. The Morgan fingerprint density at radius 1 is 1.39 bits per heavy atom. The van der Waals surface area contributed by atoms with Crippen molar-refractivity contribution in [3.05, 3.63) is 0 Å². The summed E-state index contributed by atoms with van der Waals surface area (Å²) in [6, 6.07) is -0.209. The number of nitrogens with one attached hydrogen (secondary N) is 1. The first kappa shape index (κ1) is 16.2. The Morgan fingerprint density at radius 2 is 1.94 bits per heavy atom. The SMILES string of the molecule is CC(O)C(NC(=O)N(CCC#N)C(C)C)C(=O)O. The van der Waals surface area contributed by atoms with Crippen LogP contribution in [0.2, 0.25) is 0 Å². The van der Waals surface area contributed by atoms with Gasteiger partial charge in [-0.25, -0.2) is 9.59 Å². The number of carbonyl (C=O) groups excluding carboxylic acids is 1. The minimum Gasteiger partial charge on any atom is -0.480 e. The third kappa shape index (κ3) is 5.01. The molecule has 2 amide bonds. The molecule has 102 valence electrons. The molecule has 0 heterocycles. The van der Waals surface area contributed by atoms with E-state index in [1.54, 1.807) is 13.8 Å². The summed E-state index contributed by atoms with van der Waals surface area (Å²) in [5, 5.41) is 28.8. The summed E-state index contributed by atoms with van der Waals surface area (Å²) in [5.74, 6) is -1.30. The van der Waals surface area contributed by atoms with Crippen LogP contribution in [0, 0.1) is 11.3 Å². The maximum absolute atomic E-state index is 11.8. The maximum atomic E-state index is 11.8. The van der Waals surface area contributed by atoms with Crippen molar-refractivity contribution >= 4 is 12.0 Å². The highest BCUT2D eigenvalue weighted by atomic mass is 16.4. The van der Waals surface area contributed by atoms with E-state index < -0.39 is 24.1 Å². The number of nitriles is 1. The van der Waals surface area contributed by atoms with Crippen LogP contribution >= 0.6 is 0 Å². The Morgan fingerprint density at radius 3 is 2.28 bits per heavy atom. The molecule has 0 fully saturated rings. The molecule has 0 saturated heterocycles. The van der Waals surface area contributed by atoms with Crippen LogP contribution in [-0.2, 0) is 4.79 Å². The number of rotatable bonds is 6. The van der Waals surface area contributed by atoms with Crippen molar-refractivity contribution in [1.82, 2.24) is 10.2 Å². The fourth-order valence-corrected chi connectivity index (χ4v) is 1.37. The largest absolute Gasteiger partial charge is 0.480 e. The molecule has 2 atom stereocenters. The van der Waals surface area contributed by atoms with E-state index in [0.717, 1.165) is 0 Å². The second-order valence-electron chi connectivity index (χ2n) is 4.20. The van der Waals surface area contributed by atoms with Crippen LogP contribution < -0.4 is 5.32 Å². The predicted molar refractivity (Wildman–Crippen MR) is 63.7 cm³/mol. The average molecular weight is 257 g/mol. The third-order valence-corrected chi connectivity index (χ3v) is 2.38. The van der Waals surface area contributed by atoms with E-state index >= 15 is 0 Å². The van der Waals surface area contributed by atoms with Crippen LogP contribution in [0.3, 0.4) is 0 Å². The summed E-state index contributed by atoms with van der Waals surface area (Å²) in [6.45, 7) is 5.02. The number of aliphatic hydroxyl groups excluding tert-OH is 1. The number of amides is 2. The molecule has 7 heteroatoms. The van der Waals surface area contributed by atoms with Gasteiger partial charge in [0.2, 0.25) is 0 Å². The molecule has 0 aromatic heterocycles. The van der Waals surface area contributed by atoms with E-state index in [1.165, 1.54) is 11.8 Å². The first-order valence-corrected chi connectivity index (χ1v) is 5.66. The quantitative estimate of drug-likeness (QED) is 0.627. The number of carbonyl (C=O) groups is 2. The van der Waals surface area contributed by atoms with Gasteiger partial charge in [0.25, 0.3) is 0 Å². The fraction of sp³-hybridized carbons (Fsp3) is 0.727. The molecule has 0 aliphatic carbocycles. The van der Waals surface area contributed by atoms with Gasteiger partial charge < -0.3 is 20.4 Å². The van der Waals surface area contributed by atoms with E-state index in [0.29, 0.717) is 0 Å². The van der Waals surface area contributed by atoms with Gasteiger partial charge in [-0.05, 0) is 20.8 Å². The molecule has 0 aromatic carbocycles. The van der Waals surface area contributed by atoms with Gasteiger partial charge in [0, 0.05) is 12.6 Å². The number of carboxylic acids is 1. The lowest BCUT2D eigenvalue weighted by Crippen LogP contribution is -2.54. The smallest absolute Gasteiger partial charge is 0.328 e. The van der Waals surface area contributed by atoms with Crippen molar-refractivity contribution < 1.29 is 19.8 Å². The van der Waals surface area contributed by atoms with Crippen molar-refractivity contribution in [2.24, 2.45) is 0 Å². The van der Waals surface area contributed by atoms with E-state index in [-0.39, 0.29) is 19.0 Å². The summed E-state index contributed by atoms with van der Waals surface area (Å²) < 4.78 is 0. The molecule has 7 nitrogen and oxygen atoms in total. The number of aliphatic carboxylic acids is 1. The van der Waals surface area contributed by atoms with Crippen molar-refractivity contribution in [3.8, 4) is 6.07 Å². The Balaban J connectivity index is 4.68. The van der Waals surface area contributed by atoms with Gasteiger partial charge in [0.05, 0.1) is 18.6 Å². The molecule has 0 radical (unpaired) electrons. The molecule has 2 unspecified atom stereocenters. The van der Waals surface area contributed by atoms with Crippen LogP contribution in [0.4, 0.5) is 4.79 Å². The lowest BCUT2D eigenvalue weighted by Gasteiger charge is -2.28. The van der Waals surface area contributed by atoms with Gasteiger partial charge in [-0.15, -0.1) is 0 Å². The topological polar surface area (TPSA) is 114 Å². The van der Waals surface area contributed by atoms with Gasteiger partial charge in [-0.3, -0.25) is 0 Å². The summed E-state index contributed by atoms with van der Waals surface area (Å²) in [5.41, 5.74) is 0. The summed E-state index contributed by atoms with van der Waals surface area (Å²) in [4.78, 5) is 24.0. The van der Waals surface area contributed by atoms with E-state index in [1.807, 2.05) is 6.07 Å². The Labute approximate surface area is 106 Å². The van der Waals surface area contributed by atoms with E-state index in [2.05, 4.69) is 5.32 Å². The molecule has 0 aliphatic heterocycles. The Bertz CT molecular complexity index is 336. The minimum absolute atomic E-state index is 0.165. The summed E-state index contributed by atoms with van der Waals surface area (Å²) in [7, 11) is 0. The van der Waals surface area contributed by atoms with Crippen molar-refractivity contribution in [2.75, 3.05) is 6.54 Å². The van der Waals surface area contributed by atoms with Gasteiger partial charge in [0.1, 0.15) is 0 Å². The third-order valence-electron chi connectivity index (χ3n) is 2.38. The maximum Gasteiger partial charge on any atom is 0.328 e. The lowest BCUT2D eigenvalue weighted by atomic mass is 10.2. The van der Waals surface area contributed by atoms with Crippen LogP contribution in [0.1, 0.15) is 27.2 Å². The molecule has 18 heavy (non-hydrogen) atoms. The van der Waals surface area contributed by atoms with E-state index in [4.69, 9.17) is 10.4 Å². The molecule has 0 saturated carbocycles. The monoisotopic (exact) mass is 257 g/mol. The van der Waals surface area contributed by atoms with Crippen LogP contribution in [0.5, 0.6) is 0 Å². The number of hydrogen-bond donors (Lipinski definition) is 3. The van der Waals surface area contributed by atoms with Gasteiger partial charge in [0.15, 0.2) is 6.04 Å². The van der Waals surface area contributed by atoms with Gasteiger partial charge >= 0.3 is 12.0 Å². The molecule has 0 spiro atoms. The zero-order valence-electron chi connectivity index (χ0n) is 10.8. The molecule has 3 N–H and O–H groups in total. The molecular weight excluding hydrogens is 238 g/mol. The normalized spacial score (nSPS) is 13.6. The van der Waals surface area contributed by atoms with Crippen molar-refractivity contribution in [2.45, 2.75) is 45.4 Å². The van der Waals surface area contributed by atoms with Gasteiger partial charge in [-0.2, -0.15) is 5.26 Å². The van der Waals surface area contributed by atoms with Crippen molar-refractivity contribution in [3.63, 3.8) is 0 Å². The highest BCUT2D eigenvalue weighted by molar-refractivity contribution is 5.83. The van der Waals surface area contributed by atoms with Gasteiger partial charge in [-0.1, -0.05) is 0 Å². The number of carboxylic acid groups (broad SMARTS) is 1. The zero-order valence-corrected chi connectivity index (χ0v) is 10.8. The summed E-state index contributed by atoms with van der Waals surface area (Å²) in [6.07, 6.45) is -1.03. The molecule has 0 rings (SSSR count). The number of urea groups is 1. The van der Waals surface area contributed by atoms with E-state index in [9.17, 15) is 14.7 Å². The number of nitrogens with zero attached hydrogens (tertiary/aromatic N) is 2. The number of hydrogen-bond acceptors (Lipinski definition) is 4. The molecular formula is C11H19N3O4. The first-order chi connectivity index (χ1) is 8.31.